The van der Waals surface area contributed by atoms with Gasteiger partial charge < -0.3 is 11.1 Å². The largest absolute Gasteiger partial charge is 0.398 e. The first-order valence-corrected chi connectivity index (χ1v) is 10.4. The zero-order chi connectivity index (χ0) is 21.3. The molecule has 0 fully saturated rings. The number of amides is 1. The minimum atomic E-state index is -0.280. The minimum Gasteiger partial charge on any atom is -0.398 e. The number of carbonyl (C=O) groups excluding carboxylic acids is 1. The highest BCUT2D eigenvalue weighted by Crippen LogP contribution is 2.27. The van der Waals surface area contributed by atoms with E-state index in [0.29, 0.717) is 6.54 Å². The molecule has 1 heterocycles. The maximum absolute atomic E-state index is 11.8. The van der Waals surface area contributed by atoms with E-state index in [9.17, 15) is 4.79 Å². The van der Waals surface area contributed by atoms with E-state index < -0.39 is 0 Å². The first kappa shape index (κ1) is 27.5. The molecule has 1 aromatic heterocycles. The number of anilines is 1. The second-order valence-corrected chi connectivity index (χ2v) is 8.52. The van der Waals surface area contributed by atoms with E-state index in [4.69, 9.17) is 40.5 Å². The molecule has 0 unspecified atom stereocenters. The van der Waals surface area contributed by atoms with Crippen molar-refractivity contribution in [2.24, 2.45) is 0 Å². The van der Waals surface area contributed by atoms with Crippen LogP contribution in [0, 0.1) is 0 Å². The lowest BCUT2D eigenvalue weighted by atomic mass is 9.86. The highest BCUT2D eigenvalue weighted by molar-refractivity contribution is 6.42. The van der Waals surface area contributed by atoms with Crippen molar-refractivity contribution in [3.8, 4) is 0 Å². The molecule has 7 heteroatoms. The molecule has 4 nitrogen and oxygen atoms in total. The van der Waals surface area contributed by atoms with Gasteiger partial charge in [0.25, 0.3) is 5.91 Å². The van der Waals surface area contributed by atoms with Crippen molar-refractivity contribution in [3.05, 3.63) is 56.8 Å². The molecule has 0 aliphatic rings. The summed E-state index contributed by atoms with van der Waals surface area (Å²) in [5.74, 6) is -0.280. The number of rotatable bonds is 5. The summed E-state index contributed by atoms with van der Waals surface area (Å²) < 4.78 is 0. The number of nitrogens with one attached hydrogen (secondary N) is 1. The Hall–Kier alpha value is -1.49. The van der Waals surface area contributed by atoms with Gasteiger partial charge in [0.2, 0.25) is 0 Å². The van der Waals surface area contributed by atoms with Crippen LogP contribution >= 0.6 is 34.8 Å². The zero-order valence-corrected chi connectivity index (χ0v) is 19.0. The molecule has 0 aliphatic heterocycles. The molecule has 1 aromatic carbocycles. The number of hydrogen-bond donors (Lipinski definition) is 2. The first-order valence-electron chi connectivity index (χ1n) is 9.22. The number of unbranched alkanes of at least 4 members (excludes halogenated alkanes) is 2. The number of para-hydroxylation sites is 1. The molecule has 0 saturated heterocycles. The van der Waals surface area contributed by atoms with Crippen molar-refractivity contribution in [2.75, 3.05) is 12.3 Å². The van der Waals surface area contributed by atoms with Crippen LogP contribution in [0.4, 0.5) is 5.69 Å². The normalized spacial score (nSPS) is 10.4. The number of carbonyl (C=O) groups is 1. The number of pyridine rings is 1. The van der Waals surface area contributed by atoms with E-state index >= 15 is 0 Å². The van der Waals surface area contributed by atoms with Gasteiger partial charge in [0.1, 0.15) is 10.3 Å². The third-order valence-electron chi connectivity index (χ3n) is 3.97. The fourth-order valence-corrected chi connectivity index (χ4v) is 3.02. The van der Waals surface area contributed by atoms with Gasteiger partial charge in [-0.15, -0.1) is 0 Å². The van der Waals surface area contributed by atoms with E-state index in [2.05, 4.69) is 44.1 Å². The van der Waals surface area contributed by atoms with Crippen LogP contribution in [0.25, 0.3) is 0 Å². The molecule has 29 heavy (non-hydrogen) atoms. The number of nitrogen functional groups attached to an aromatic ring is 1. The van der Waals surface area contributed by atoms with E-state index in [-0.39, 0.29) is 39.6 Å². The average molecular weight is 461 g/mol. The number of nitrogens with two attached hydrogens (primary N) is 1. The van der Waals surface area contributed by atoms with Crippen molar-refractivity contribution in [2.45, 2.75) is 59.8 Å². The number of hydrogen-bond acceptors (Lipinski definition) is 3. The summed E-state index contributed by atoms with van der Waals surface area (Å²) in [5.41, 5.74) is 8.32. The Labute approximate surface area is 190 Å². The predicted molar refractivity (Wildman–Crippen MR) is 127 cm³/mol. The van der Waals surface area contributed by atoms with Crippen molar-refractivity contribution >= 4 is 46.4 Å². The monoisotopic (exact) mass is 459 g/mol. The highest BCUT2D eigenvalue weighted by Gasteiger charge is 2.15. The molecule has 0 saturated carbocycles. The molecule has 0 bridgehead atoms. The number of benzene rings is 1. The molecule has 162 valence electrons. The predicted octanol–water partition coefficient (Wildman–Crippen LogP) is 7.16. The van der Waals surface area contributed by atoms with Crippen molar-refractivity contribution in [3.63, 3.8) is 0 Å². The van der Waals surface area contributed by atoms with E-state index in [1.54, 1.807) is 0 Å². The van der Waals surface area contributed by atoms with E-state index in [1.807, 2.05) is 18.2 Å². The summed E-state index contributed by atoms with van der Waals surface area (Å²) in [4.78, 5) is 15.5. The van der Waals surface area contributed by atoms with Gasteiger partial charge in [-0.25, -0.2) is 4.98 Å². The Morgan fingerprint density at radius 2 is 1.72 bits per heavy atom. The Morgan fingerprint density at radius 1 is 1.10 bits per heavy atom. The third kappa shape index (κ3) is 9.24. The molecular formula is C22H32Cl3N3O. The second-order valence-electron chi connectivity index (χ2n) is 7.40. The number of halogens is 3. The van der Waals surface area contributed by atoms with Crippen LogP contribution < -0.4 is 11.1 Å². The molecule has 2 rings (SSSR count). The van der Waals surface area contributed by atoms with E-state index in [1.165, 1.54) is 11.6 Å². The minimum absolute atomic E-state index is 0. The molecule has 0 radical (unpaired) electrons. The number of aromatic nitrogens is 1. The zero-order valence-electron chi connectivity index (χ0n) is 16.8. The smallest absolute Gasteiger partial charge is 0.254 e. The Bertz CT molecular complexity index is 789. The molecule has 2 aromatic rings. The molecular weight excluding hydrogens is 429 g/mol. The van der Waals surface area contributed by atoms with Crippen molar-refractivity contribution in [1.29, 1.82) is 0 Å². The Morgan fingerprint density at radius 3 is 2.24 bits per heavy atom. The van der Waals surface area contributed by atoms with Gasteiger partial charge in [-0.2, -0.15) is 0 Å². The number of nitrogens with zero attached hydrogens (tertiary/aromatic N) is 1. The van der Waals surface area contributed by atoms with Gasteiger partial charge in [0.15, 0.2) is 0 Å². The van der Waals surface area contributed by atoms with Crippen LogP contribution in [-0.2, 0) is 5.41 Å². The summed E-state index contributed by atoms with van der Waals surface area (Å²) in [7, 11) is 0. The standard InChI is InChI=1S/C11H13Cl3N2O.C10H15N.CH4/c1-2-3-4-5-15-11(17)7-6-8(12)10(14)16-9(7)13;1-10(2,3)8-6-4-5-7-9(8)11;/h6H,2-5H2,1H3,(H,15,17);4-7H,11H2,1-3H3;1H4. The van der Waals surface area contributed by atoms with Crippen molar-refractivity contribution < 1.29 is 4.79 Å². The molecule has 0 spiro atoms. The van der Waals surface area contributed by atoms with Gasteiger partial charge in [0, 0.05) is 12.2 Å². The Balaban J connectivity index is 0.000000568. The lowest BCUT2D eigenvalue weighted by molar-refractivity contribution is 0.0953. The lowest BCUT2D eigenvalue weighted by Gasteiger charge is -2.20. The summed E-state index contributed by atoms with van der Waals surface area (Å²) in [6.07, 6.45) is 3.12. The van der Waals surface area contributed by atoms with Crippen LogP contribution in [0.2, 0.25) is 15.3 Å². The summed E-state index contributed by atoms with van der Waals surface area (Å²) >= 11 is 17.3. The quantitative estimate of drug-likeness (QED) is 0.282. The van der Waals surface area contributed by atoms with Gasteiger partial charge >= 0.3 is 0 Å². The SMILES string of the molecule is C.CC(C)(C)c1ccccc1N.CCCCCNC(=O)c1cc(Cl)c(Cl)nc1Cl. The summed E-state index contributed by atoms with van der Waals surface area (Å²) in [6.45, 7) is 9.21. The van der Waals surface area contributed by atoms with Crippen LogP contribution in [0.15, 0.2) is 30.3 Å². The lowest BCUT2D eigenvalue weighted by Crippen LogP contribution is -2.25. The Kier molecular flexibility index (Phi) is 12.3. The average Bonchev–Trinajstić information content (AvgIpc) is 2.61. The maximum atomic E-state index is 11.8. The molecule has 0 atom stereocenters. The van der Waals surface area contributed by atoms with Gasteiger partial charge in [-0.05, 0) is 29.5 Å². The van der Waals surface area contributed by atoms with Crippen LogP contribution in [0.3, 0.4) is 0 Å². The van der Waals surface area contributed by atoms with Crippen LogP contribution in [-0.4, -0.2) is 17.4 Å². The maximum Gasteiger partial charge on any atom is 0.254 e. The molecule has 3 N–H and O–H groups in total. The fraction of sp³-hybridized carbons (Fsp3) is 0.455. The highest BCUT2D eigenvalue weighted by atomic mass is 35.5. The second kappa shape index (κ2) is 12.9. The van der Waals surface area contributed by atoms with Crippen LogP contribution in [0.1, 0.15) is 70.3 Å². The first-order chi connectivity index (χ1) is 13.1. The van der Waals surface area contributed by atoms with Crippen LogP contribution in [0.5, 0.6) is 0 Å². The summed E-state index contributed by atoms with van der Waals surface area (Å²) in [5, 5.41) is 3.13. The third-order valence-corrected chi connectivity index (χ3v) is 4.93. The molecule has 1 amide bonds. The van der Waals surface area contributed by atoms with Gasteiger partial charge in [0.05, 0.1) is 10.6 Å². The van der Waals surface area contributed by atoms with Crippen molar-refractivity contribution in [1.82, 2.24) is 10.3 Å². The van der Waals surface area contributed by atoms with Gasteiger partial charge in [-0.1, -0.05) is 101 Å². The summed E-state index contributed by atoms with van der Waals surface area (Å²) in [6, 6.07) is 9.44. The van der Waals surface area contributed by atoms with Gasteiger partial charge in [-0.3, -0.25) is 4.79 Å². The topological polar surface area (TPSA) is 68.0 Å². The van der Waals surface area contributed by atoms with E-state index in [0.717, 1.165) is 24.9 Å². The fourth-order valence-electron chi connectivity index (χ4n) is 2.46. The molecule has 0 aliphatic carbocycles.